The molecule has 3 aliphatic heterocycles. The van der Waals surface area contributed by atoms with Gasteiger partial charge >= 0.3 is 6.03 Å². The maximum absolute atomic E-state index is 12.6. The lowest BCUT2D eigenvalue weighted by Gasteiger charge is -2.46. The van der Waals surface area contributed by atoms with Gasteiger partial charge < -0.3 is 31.1 Å². The summed E-state index contributed by atoms with van der Waals surface area (Å²) in [5.41, 5.74) is 1.49. The number of carbonyl (C=O) groups is 4. The zero-order valence-corrected chi connectivity index (χ0v) is 17.7. The van der Waals surface area contributed by atoms with Crippen LogP contribution >= 0.6 is 0 Å². The molecule has 3 amide bonds. The second kappa shape index (κ2) is 10.7. The molecule has 0 aromatic carbocycles. The number of urea groups is 1. The van der Waals surface area contributed by atoms with Gasteiger partial charge in [0.2, 0.25) is 0 Å². The number of aliphatic carboxylic acids is 2. The van der Waals surface area contributed by atoms with Gasteiger partial charge in [0, 0.05) is 45.9 Å². The quantitative estimate of drug-likeness (QED) is 0.441. The molecule has 4 rings (SSSR count). The van der Waals surface area contributed by atoms with Crippen LogP contribution in [-0.2, 0) is 16.0 Å². The van der Waals surface area contributed by atoms with Crippen LogP contribution in [0.4, 0.5) is 4.79 Å². The van der Waals surface area contributed by atoms with Crippen molar-refractivity contribution in [3.63, 3.8) is 0 Å². The first kappa shape index (κ1) is 24.1. The molecule has 170 valence electrons. The second-order valence-electron chi connectivity index (χ2n) is 7.93. The largest absolute Gasteiger partial charge is 0.481 e. The topological polar surface area (TPSA) is 161 Å². The van der Waals surface area contributed by atoms with Crippen LogP contribution in [0.25, 0.3) is 0 Å². The van der Waals surface area contributed by atoms with Gasteiger partial charge in [0.1, 0.15) is 0 Å². The third kappa shape index (κ3) is 7.52. The Morgan fingerprint density at radius 2 is 1.84 bits per heavy atom. The van der Waals surface area contributed by atoms with Crippen LogP contribution in [-0.4, -0.2) is 82.2 Å². The monoisotopic (exact) mass is 435 g/mol. The van der Waals surface area contributed by atoms with Crippen LogP contribution in [0.3, 0.4) is 0 Å². The molecule has 0 aliphatic carbocycles. The van der Waals surface area contributed by atoms with Crippen molar-refractivity contribution in [1.29, 1.82) is 0 Å². The summed E-state index contributed by atoms with van der Waals surface area (Å²) < 4.78 is 0. The van der Waals surface area contributed by atoms with Crippen molar-refractivity contribution in [2.24, 2.45) is 5.92 Å². The number of hydrogen-bond acceptors (Lipinski definition) is 6. The Kier molecular flexibility index (Phi) is 8.31. The van der Waals surface area contributed by atoms with E-state index < -0.39 is 11.9 Å². The number of carbonyl (C=O) groups excluding carboxylic acids is 2. The molecule has 3 fully saturated rings. The molecule has 1 atom stereocenters. The highest BCUT2D eigenvalue weighted by Crippen LogP contribution is 2.25. The van der Waals surface area contributed by atoms with Gasteiger partial charge in [0.25, 0.3) is 17.8 Å². The van der Waals surface area contributed by atoms with Crippen LogP contribution in [0.5, 0.6) is 0 Å². The molecule has 4 heterocycles. The highest BCUT2D eigenvalue weighted by atomic mass is 16.4. The van der Waals surface area contributed by atoms with E-state index in [1.807, 2.05) is 12.3 Å². The fraction of sp³-hybridized carbons (Fsp3) is 0.550. The number of likely N-dealkylation sites (tertiary alicyclic amines) is 1. The zero-order valence-electron chi connectivity index (χ0n) is 17.7. The molecule has 0 bridgehead atoms. The van der Waals surface area contributed by atoms with E-state index in [1.54, 1.807) is 11.1 Å². The fourth-order valence-corrected chi connectivity index (χ4v) is 3.72. The molecule has 11 heteroatoms. The Morgan fingerprint density at radius 3 is 2.35 bits per heavy atom. The van der Waals surface area contributed by atoms with E-state index in [2.05, 4.69) is 20.9 Å². The average molecular weight is 435 g/mol. The van der Waals surface area contributed by atoms with Gasteiger partial charge in [-0.15, -0.1) is 0 Å². The Labute approximate surface area is 180 Å². The Balaban J connectivity index is 0.000000370. The summed E-state index contributed by atoms with van der Waals surface area (Å²) in [6.45, 7) is 5.98. The number of hydrogen-bond donors (Lipinski definition) is 5. The molecular formula is C20H29N5O6. The smallest absolute Gasteiger partial charge is 0.315 e. The highest BCUT2D eigenvalue weighted by molar-refractivity contribution is 5.95. The minimum Gasteiger partial charge on any atom is -0.481 e. The van der Waals surface area contributed by atoms with E-state index in [0.717, 1.165) is 38.9 Å². The number of rotatable bonds is 3. The third-order valence-corrected chi connectivity index (χ3v) is 4.97. The third-order valence-electron chi connectivity index (χ3n) is 4.97. The van der Waals surface area contributed by atoms with Gasteiger partial charge in [-0.3, -0.25) is 19.4 Å². The number of pyridine rings is 1. The second-order valence-corrected chi connectivity index (χ2v) is 7.93. The van der Waals surface area contributed by atoms with Crippen molar-refractivity contribution in [3.05, 3.63) is 29.6 Å². The number of nitrogens with zero attached hydrogens (tertiary/aromatic N) is 2. The maximum atomic E-state index is 12.6. The van der Waals surface area contributed by atoms with E-state index in [4.69, 9.17) is 19.8 Å². The van der Waals surface area contributed by atoms with E-state index in [0.29, 0.717) is 31.1 Å². The Morgan fingerprint density at radius 1 is 1.19 bits per heavy atom. The van der Waals surface area contributed by atoms with E-state index in [1.165, 1.54) is 6.42 Å². The van der Waals surface area contributed by atoms with E-state index >= 15 is 0 Å². The number of carboxylic acid groups (broad SMARTS) is 2. The van der Waals surface area contributed by atoms with Gasteiger partial charge in [-0.1, -0.05) is 0 Å². The zero-order chi connectivity index (χ0) is 23.0. The summed E-state index contributed by atoms with van der Waals surface area (Å²) in [5.74, 6) is -1.04. The lowest BCUT2D eigenvalue weighted by molar-refractivity contribution is -0.135. The number of aromatic nitrogens is 1. The summed E-state index contributed by atoms with van der Waals surface area (Å²) in [5, 5.41) is 23.8. The summed E-state index contributed by atoms with van der Waals surface area (Å²) in [7, 11) is 0. The normalized spacial score (nSPS) is 20.3. The first-order valence-electron chi connectivity index (χ1n) is 9.99. The van der Waals surface area contributed by atoms with Crippen molar-refractivity contribution in [1.82, 2.24) is 25.8 Å². The molecule has 1 aromatic rings. The molecule has 11 nitrogen and oxygen atoms in total. The van der Waals surface area contributed by atoms with Gasteiger partial charge in [0.05, 0.1) is 11.1 Å². The fourth-order valence-electron chi connectivity index (χ4n) is 3.72. The average Bonchev–Trinajstić information content (AvgIpc) is 3.29. The molecule has 0 radical (unpaired) electrons. The van der Waals surface area contributed by atoms with E-state index in [-0.39, 0.29) is 17.5 Å². The number of amides is 3. The molecule has 0 saturated carbocycles. The molecular weight excluding hydrogens is 406 g/mol. The van der Waals surface area contributed by atoms with Crippen molar-refractivity contribution < 1.29 is 29.4 Å². The minimum atomic E-state index is -0.833. The van der Waals surface area contributed by atoms with Gasteiger partial charge in [-0.2, -0.15) is 0 Å². The van der Waals surface area contributed by atoms with Gasteiger partial charge in [-0.25, -0.2) is 4.79 Å². The van der Waals surface area contributed by atoms with Crippen molar-refractivity contribution in [2.45, 2.75) is 32.2 Å². The summed E-state index contributed by atoms with van der Waals surface area (Å²) in [6, 6.07) is 1.82. The predicted octanol–water partition coefficient (Wildman–Crippen LogP) is -0.0772. The summed E-state index contributed by atoms with van der Waals surface area (Å²) >= 11 is 0. The van der Waals surface area contributed by atoms with Crippen molar-refractivity contribution in [2.75, 3.05) is 32.7 Å². The van der Waals surface area contributed by atoms with Crippen LogP contribution in [0.2, 0.25) is 0 Å². The van der Waals surface area contributed by atoms with Crippen molar-refractivity contribution >= 4 is 23.9 Å². The van der Waals surface area contributed by atoms with Crippen LogP contribution in [0.1, 0.15) is 36.2 Å². The maximum Gasteiger partial charge on any atom is 0.315 e. The first-order chi connectivity index (χ1) is 14.6. The Hall–Kier alpha value is -3.21. The van der Waals surface area contributed by atoms with Crippen LogP contribution in [0, 0.1) is 5.92 Å². The van der Waals surface area contributed by atoms with Crippen LogP contribution in [0.15, 0.2) is 18.5 Å². The standard InChI is InChI=1S/C16H21N5O2.2C2H4O2/c22-14(21-9-16(10-21)8-19-15(23)20-16)13-4-12(6-18-7-13)3-11-1-2-17-5-11;2*1-2(3)4/h4,6-7,11,17H,1-3,5,8-10H2,(H2,19,20,23);2*1H3,(H,3,4). The molecule has 1 spiro atoms. The minimum absolute atomic E-state index is 0.00401. The number of carboxylic acids is 2. The van der Waals surface area contributed by atoms with Crippen LogP contribution < -0.4 is 16.0 Å². The molecule has 1 aromatic heterocycles. The highest BCUT2D eigenvalue weighted by Gasteiger charge is 2.49. The molecule has 5 N–H and O–H groups in total. The number of nitrogens with one attached hydrogen (secondary N) is 3. The molecule has 3 aliphatic rings. The first-order valence-corrected chi connectivity index (χ1v) is 9.99. The van der Waals surface area contributed by atoms with Gasteiger partial charge in [-0.05, 0) is 43.5 Å². The Bertz CT molecular complexity index is 798. The lowest BCUT2D eigenvalue weighted by Crippen LogP contribution is -2.70. The summed E-state index contributed by atoms with van der Waals surface area (Å²) in [6.07, 6.45) is 5.63. The SMILES string of the molecule is CC(=O)O.CC(=O)O.O=C1NCC2(CN(C(=O)c3cncc(CC4CCNC4)c3)C2)N1. The van der Waals surface area contributed by atoms with Gasteiger partial charge in [0.15, 0.2) is 0 Å². The molecule has 1 unspecified atom stereocenters. The summed E-state index contributed by atoms with van der Waals surface area (Å²) in [4.78, 5) is 47.9. The van der Waals surface area contributed by atoms with E-state index in [9.17, 15) is 9.59 Å². The molecule has 31 heavy (non-hydrogen) atoms. The van der Waals surface area contributed by atoms with Crippen molar-refractivity contribution in [3.8, 4) is 0 Å². The lowest BCUT2D eigenvalue weighted by atomic mass is 9.90. The predicted molar refractivity (Wildman–Crippen MR) is 111 cm³/mol. The molecule has 3 saturated heterocycles.